The monoisotopic (exact) mass is 317 g/mol. The number of carbonyl (C=O) groups is 2. The Hall–Kier alpha value is -2.11. The third-order valence-electron chi connectivity index (χ3n) is 4.60. The summed E-state index contributed by atoms with van der Waals surface area (Å²) in [6, 6.07) is 3.85. The predicted octanol–water partition coefficient (Wildman–Crippen LogP) is 2.33. The zero-order valence-electron chi connectivity index (χ0n) is 14.1. The highest BCUT2D eigenvalue weighted by atomic mass is 16.6. The molecule has 0 aromatic carbocycles. The summed E-state index contributed by atoms with van der Waals surface area (Å²) in [4.78, 5) is 32.7. The lowest BCUT2D eigenvalue weighted by Crippen LogP contribution is -2.50. The fourth-order valence-corrected chi connectivity index (χ4v) is 3.45. The van der Waals surface area contributed by atoms with Crippen molar-refractivity contribution in [2.45, 2.75) is 44.6 Å². The molecule has 1 spiro atoms. The van der Waals surface area contributed by atoms with Crippen LogP contribution in [-0.2, 0) is 14.9 Å². The van der Waals surface area contributed by atoms with E-state index in [1.165, 1.54) is 0 Å². The Balaban J connectivity index is 1.79. The molecule has 0 bridgehead atoms. The van der Waals surface area contributed by atoms with Crippen molar-refractivity contribution in [1.29, 1.82) is 0 Å². The van der Waals surface area contributed by atoms with Gasteiger partial charge < -0.3 is 9.64 Å². The van der Waals surface area contributed by atoms with E-state index < -0.39 is 11.0 Å². The normalized spacial score (nSPS) is 19.9. The highest BCUT2D eigenvalue weighted by Crippen LogP contribution is 2.46. The average molecular weight is 317 g/mol. The summed E-state index contributed by atoms with van der Waals surface area (Å²) in [5.41, 5.74) is -0.0699. The van der Waals surface area contributed by atoms with Gasteiger partial charge in [0.1, 0.15) is 11.4 Å². The van der Waals surface area contributed by atoms with E-state index in [-0.39, 0.29) is 12.0 Å². The molecular formula is C17H23N3O3. The van der Waals surface area contributed by atoms with Crippen LogP contribution >= 0.6 is 0 Å². The first-order chi connectivity index (χ1) is 10.7. The minimum Gasteiger partial charge on any atom is -0.444 e. The second kappa shape index (κ2) is 5.22. The molecule has 6 heteroatoms. The molecule has 3 rings (SSSR count). The standard InChI is InChI=1S/C17H23N3O3/c1-16(2,3)23-15(22)20-10-7-17(8-11-20)12-6-5-9-18-13(12)19(4)14(17)21/h5-6,9H,7-8,10-11H2,1-4H3. The number of hydrogen-bond donors (Lipinski definition) is 0. The molecule has 1 aromatic heterocycles. The number of fused-ring (bicyclic) bond motifs is 2. The molecule has 0 N–H and O–H groups in total. The molecule has 2 amide bonds. The third kappa shape index (κ3) is 2.56. The van der Waals surface area contributed by atoms with Crippen LogP contribution in [0.4, 0.5) is 10.6 Å². The quantitative estimate of drug-likeness (QED) is 0.737. The summed E-state index contributed by atoms with van der Waals surface area (Å²) < 4.78 is 5.42. The summed E-state index contributed by atoms with van der Waals surface area (Å²) in [6.07, 6.45) is 2.61. The number of likely N-dealkylation sites (N-methyl/N-ethyl adjacent to an activating group) is 1. The van der Waals surface area contributed by atoms with Crippen molar-refractivity contribution >= 4 is 17.8 Å². The van der Waals surface area contributed by atoms with Crippen molar-refractivity contribution < 1.29 is 14.3 Å². The zero-order valence-corrected chi connectivity index (χ0v) is 14.1. The van der Waals surface area contributed by atoms with Gasteiger partial charge in [-0.1, -0.05) is 6.07 Å². The zero-order chi connectivity index (χ0) is 16.8. The van der Waals surface area contributed by atoms with Gasteiger partial charge >= 0.3 is 6.09 Å². The molecule has 0 radical (unpaired) electrons. The van der Waals surface area contributed by atoms with Gasteiger partial charge in [-0.15, -0.1) is 0 Å². The first kappa shape index (κ1) is 15.8. The fourth-order valence-electron chi connectivity index (χ4n) is 3.45. The van der Waals surface area contributed by atoms with Crippen LogP contribution in [0.2, 0.25) is 0 Å². The van der Waals surface area contributed by atoms with Gasteiger partial charge in [0.15, 0.2) is 0 Å². The van der Waals surface area contributed by atoms with Crippen LogP contribution in [0.5, 0.6) is 0 Å². The molecule has 23 heavy (non-hydrogen) atoms. The van der Waals surface area contributed by atoms with Gasteiger partial charge in [0.25, 0.3) is 0 Å². The summed E-state index contributed by atoms with van der Waals surface area (Å²) in [6.45, 7) is 6.60. The Bertz CT molecular complexity index is 643. The maximum Gasteiger partial charge on any atom is 0.410 e. The highest BCUT2D eigenvalue weighted by molar-refractivity contribution is 6.06. The SMILES string of the molecule is CN1C(=O)C2(CCN(C(=O)OC(C)(C)C)CC2)c2cccnc21. The molecule has 0 atom stereocenters. The molecule has 3 heterocycles. The Morgan fingerprint density at radius 1 is 1.30 bits per heavy atom. The lowest BCUT2D eigenvalue weighted by atomic mass is 9.74. The summed E-state index contributed by atoms with van der Waals surface area (Å²) >= 11 is 0. The molecule has 1 fully saturated rings. The number of carbonyl (C=O) groups excluding carboxylic acids is 2. The number of hydrogen-bond acceptors (Lipinski definition) is 4. The topological polar surface area (TPSA) is 62.7 Å². The second-order valence-electron chi connectivity index (χ2n) is 7.29. The van der Waals surface area contributed by atoms with Crippen LogP contribution in [0.1, 0.15) is 39.2 Å². The minimum absolute atomic E-state index is 0.0787. The number of rotatable bonds is 0. The molecule has 1 saturated heterocycles. The largest absolute Gasteiger partial charge is 0.444 e. The van der Waals surface area contributed by atoms with Crippen LogP contribution in [0.3, 0.4) is 0 Å². The Morgan fingerprint density at radius 3 is 2.57 bits per heavy atom. The van der Waals surface area contributed by atoms with Gasteiger partial charge in [-0.25, -0.2) is 9.78 Å². The first-order valence-corrected chi connectivity index (χ1v) is 7.96. The smallest absolute Gasteiger partial charge is 0.410 e. The summed E-state index contributed by atoms with van der Waals surface area (Å²) in [5, 5.41) is 0. The number of nitrogens with zero attached hydrogens (tertiary/aromatic N) is 3. The minimum atomic E-state index is -0.545. The maximum atomic E-state index is 12.8. The molecular weight excluding hydrogens is 294 g/mol. The van der Waals surface area contributed by atoms with Crippen molar-refractivity contribution in [3.63, 3.8) is 0 Å². The maximum absolute atomic E-state index is 12.8. The average Bonchev–Trinajstić information content (AvgIpc) is 2.70. The summed E-state index contributed by atoms with van der Waals surface area (Å²) in [7, 11) is 1.77. The van der Waals surface area contributed by atoms with E-state index in [1.807, 2.05) is 32.9 Å². The van der Waals surface area contributed by atoms with Crippen molar-refractivity contribution in [3.05, 3.63) is 23.9 Å². The molecule has 0 saturated carbocycles. The van der Waals surface area contributed by atoms with Gasteiger partial charge in [0.05, 0.1) is 5.41 Å². The Kier molecular flexibility index (Phi) is 3.58. The molecule has 2 aliphatic heterocycles. The molecule has 2 aliphatic rings. The Labute approximate surface area is 136 Å². The van der Waals surface area contributed by atoms with E-state index in [1.54, 1.807) is 23.0 Å². The van der Waals surface area contributed by atoms with E-state index in [2.05, 4.69) is 4.98 Å². The lowest BCUT2D eigenvalue weighted by Gasteiger charge is -2.38. The van der Waals surface area contributed by atoms with Crippen molar-refractivity contribution in [1.82, 2.24) is 9.88 Å². The van der Waals surface area contributed by atoms with Crippen molar-refractivity contribution in [3.8, 4) is 0 Å². The summed E-state index contributed by atoms with van der Waals surface area (Å²) in [5.74, 6) is 0.818. The lowest BCUT2D eigenvalue weighted by molar-refractivity contribution is -0.124. The number of likely N-dealkylation sites (tertiary alicyclic amines) is 1. The predicted molar refractivity (Wildman–Crippen MR) is 86.4 cm³/mol. The van der Waals surface area contributed by atoms with E-state index in [0.717, 1.165) is 11.4 Å². The van der Waals surface area contributed by atoms with Crippen LogP contribution in [0, 0.1) is 0 Å². The first-order valence-electron chi connectivity index (χ1n) is 7.96. The van der Waals surface area contributed by atoms with E-state index in [0.29, 0.717) is 25.9 Å². The van der Waals surface area contributed by atoms with Crippen molar-refractivity contribution in [2.75, 3.05) is 25.0 Å². The van der Waals surface area contributed by atoms with Crippen molar-refractivity contribution in [2.24, 2.45) is 0 Å². The molecule has 124 valence electrons. The molecule has 0 unspecified atom stereocenters. The van der Waals surface area contributed by atoms with Gasteiger partial charge in [-0.3, -0.25) is 9.69 Å². The van der Waals surface area contributed by atoms with Crippen LogP contribution in [0.25, 0.3) is 0 Å². The number of anilines is 1. The van der Waals surface area contributed by atoms with E-state index in [9.17, 15) is 9.59 Å². The number of piperidine rings is 1. The van der Waals surface area contributed by atoms with Gasteiger partial charge in [0.2, 0.25) is 5.91 Å². The van der Waals surface area contributed by atoms with Crippen LogP contribution in [-0.4, -0.2) is 47.6 Å². The van der Waals surface area contributed by atoms with Crippen LogP contribution in [0.15, 0.2) is 18.3 Å². The highest BCUT2D eigenvalue weighted by Gasteiger charge is 2.52. The molecule has 0 aliphatic carbocycles. The molecule has 6 nitrogen and oxygen atoms in total. The second-order valence-corrected chi connectivity index (χ2v) is 7.29. The van der Waals surface area contributed by atoms with Gasteiger partial charge in [0, 0.05) is 31.9 Å². The fraction of sp³-hybridized carbons (Fsp3) is 0.588. The van der Waals surface area contributed by atoms with Gasteiger partial charge in [-0.05, 0) is 39.7 Å². The number of pyridine rings is 1. The molecule has 1 aromatic rings. The van der Waals surface area contributed by atoms with E-state index >= 15 is 0 Å². The van der Waals surface area contributed by atoms with E-state index in [4.69, 9.17) is 4.74 Å². The number of ether oxygens (including phenoxy) is 1. The Morgan fingerprint density at radius 2 is 1.96 bits per heavy atom. The number of aromatic nitrogens is 1. The number of amides is 2. The van der Waals surface area contributed by atoms with Gasteiger partial charge in [-0.2, -0.15) is 0 Å². The third-order valence-corrected chi connectivity index (χ3v) is 4.60. The van der Waals surface area contributed by atoms with Crippen LogP contribution < -0.4 is 4.90 Å².